The number of hydrogen-bond acceptors (Lipinski definition) is 0. The lowest BCUT2D eigenvalue weighted by atomic mass is 9.92. The molecule has 0 saturated carbocycles. The molecule has 1 aromatic rings. The van der Waals surface area contributed by atoms with Crippen molar-refractivity contribution in [2.24, 2.45) is 0 Å². The Bertz CT molecular complexity index is 200. The predicted molar refractivity (Wildman–Crippen MR) is 38.2 cm³/mol. The van der Waals surface area contributed by atoms with Gasteiger partial charge in [-0.05, 0) is 55.0 Å². The molecule has 0 nitrogen and oxygen atoms in total. The Morgan fingerprint density at radius 1 is 1.40 bits per heavy atom. The molecule has 5 radical (unpaired) electrons. The van der Waals surface area contributed by atoms with E-state index >= 15 is 0 Å². The van der Waals surface area contributed by atoms with Crippen molar-refractivity contribution < 1.29 is 0 Å². The molecule has 0 heterocycles. The van der Waals surface area contributed by atoms with Crippen LogP contribution in [-0.2, 0) is 12.8 Å². The molecule has 0 heteroatoms. The van der Waals surface area contributed by atoms with E-state index in [9.17, 15) is 0 Å². The van der Waals surface area contributed by atoms with Crippen molar-refractivity contribution >= 4 is 0 Å². The van der Waals surface area contributed by atoms with Gasteiger partial charge in [-0.1, -0.05) is 6.07 Å². The van der Waals surface area contributed by atoms with Crippen LogP contribution in [0.15, 0.2) is 6.07 Å². The van der Waals surface area contributed by atoms with Crippen LogP contribution in [0.2, 0.25) is 0 Å². The van der Waals surface area contributed by atoms with E-state index < -0.39 is 0 Å². The van der Waals surface area contributed by atoms with Crippen LogP contribution in [0.25, 0.3) is 0 Å². The Kier molecular flexibility index (Phi) is 1.46. The van der Waals surface area contributed by atoms with Crippen molar-refractivity contribution in [3.8, 4) is 0 Å². The third-order valence-electron chi connectivity index (χ3n) is 1.79. The van der Waals surface area contributed by atoms with Crippen molar-refractivity contribution in [1.29, 1.82) is 0 Å². The Balaban J connectivity index is 2.41. The zero-order valence-corrected chi connectivity index (χ0v) is 5.70. The van der Waals surface area contributed by atoms with Gasteiger partial charge in [-0.2, -0.15) is 0 Å². The monoisotopic (exact) mass is 127 g/mol. The highest BCUT2D eigenvalue weighted by Crippen LogP contribution is 2.18. The fraction of sp³-hybridized carbons (Fsp3) is 0.300. The maximum absolute atomic E-state index is 3.29. The van der Waals surface area contributed by atoms with Crippen molar-refractivity contribution in [2.75, 3.05) is 0 Å². The zero-order valence-electron chi connectivity index (χ0n) is 5.70. The fourth-order valence-corrected chi connectivity index (χ4v) is 1.22. The third-order valence-corrected chi connectivity index (χ3v) is 1.79. The van der Waals surface area contributed by atoms with Gasteiger partial charge >= 0.3 is 0 Å². The number of benzene rings is 1. The van der Waals surface area contributed by atoms with Crippen LogP contribution in [0.3, 0.4) is 0 Å². The lowest BCUT2D eigenvalue weighted by Gasteiger charge is -2.12. The molecule has 0 unspecified atom stereocenters. The van der Waals surface area contributed by atoms with Crippen molar-refractivity contribution in [3.63, 3.8) is 0 Å². The number of rotatable bonds is 0. The maximum atomic E-state index is 3.29. The minimum absolute atomic E-state index is 0.969. The molecule has 2 rings (SSSR count). The molecule has 1 aliphatic rings. The van der Waals surface area contributed by atoms with Gasteiger partial charge in [-0.3, -0.25) is 0 Å². The van der Waals surface area contributed by atoms with Gasteiger partial charge < -0.3 is 0 Å². The molecule has 47 valence electrons. The van der Waals surface area contributed by atoms with Gasteiger partial charge in [0.2, 0.25) is 0 Å². The van der Waals surface area contributed by atoms with Gasteiger partial charge in [-0.15, -0.1) is 0 Å². The second kappa shape index (κ2) is 2.45. The van der Waals surface area contributed by atoms with Gasteiger partial charge in [0.25, 0.3) is 0 Å². The average molecular weight is 127 g/mol. The summed E-state index contributed by atoms with van der Waals surface area (Å²) in [6.45, 7) is 0. The molecule has 1 aromatic carbocycles. The first kappa shape index (κ1) is 5.96. The smallest absolute Gasteiger partial charge is 0.00107 e. The molecule has 1 aliphatic carbocycles. The van der Waals surface area contributed by atoms with Crippen LogP contribution in [0.5, 0.6) is 0 Å². The zero-order chi connectivity index (χ0) is 6.81. The first-order valence-corrected chi connectivity index (χ1v) is 3.49. The second-order valence-electron chi connectivity index (χ2n) is 2.47. The van der Waals surface area contributed by atoms with Gasteiger partial charge in [0.05, 0.1) is 0 Å². The highest BCUT2D eigenvalue weighted by atomic mass is 14.1. The molecule has 0 aliphatic heterocycles. The van der Waals surface area contributed by atoms with Crippen molar-refractivity contribution in [2.45, 2.75) is 19.3 Å². The number of hydrogen-bond donors (Lipinski definition) is 0. The molecular formula is C10H7. The van der Waals surface area contributed by atoms with E-state index in [1.165, 1.54) is 11.1 Å². The van der Waals surface area contributed by atoms with Crippen LogP contribution in [0.1, 0.15) is 17.5 Å². The third kappa shape index (κ3) is 0.942. The van der Waals surface area contributed by atoms with Crippen molar-refractivity contribution in [1.82, 2.24) is 0 Å². The molecule has 0 atom stereocenters. The Morgan fingerprint density at radius 3 is 3.30 bits per heavy atom. The van der Waals surface area contributed by atoms with Crippen LogP contribution in [0.4, 0.5) is 0 Å². The van der Waals surface area contributed by atoms with E-state index in [0.717, 1.165) is 19.3 Å². The fourth-order valence-electron chi connectivity index (χ4n) is 1.22. The molecule has 0 aromatic heterocycles. The van der Waals surface area contributed by atoms with E-state index in [0.29, 0.717) is 0 Å². The normalized spacial score (nSPS) is 16.4. The molecule has 0 amide bonds. The SMILES string of the molecule is [C]1CCc2[c][c][c]cc2C1. The van der Waals surface area contributed by atoms with Crippen LogP contribution in [-0.4, -0.2) is 0 Å². The minimum Gasteiger partial charge on any atom is -0.0502 e. The van der Waals surface area contributed by atoms with Gasteiger partial charge in [0.1, 0.15) is 0 Å². The molecule has 10 heavy (non-hydrogen) atoms. The lowest BCUT2D eigenvalue weighted by Crippen LogP contribution is -2.02. The van der Waals surface area contributed by atoms with E-state index in [1.807, 2.05) is 6.07 Å². The molecule has 0 spiro atoms. The average Bonchev–Trinajstić information content (AvgIpc) is 2.05. The topological polar surface area (TPSA) is 0 Å². The van der Waals surface area contributed by atoms with Crippen LogP contribution >= 0.6 is 0 Å². The summed E-state index contributed by atoms with van der Waals surface area (Å²) in [4.78, 5) is 0. The van der Waals surface area contributed by atoms with Gasteiger partial charge in [0.15, 0.2) is 0 Å². The maximum Gasteiger partial charge on any atom is -0.00107 e. The van der Waals surface area contributed by atoms with Crippen LogP contribution in [0, 0.1) is 24.6 Å². The highest BCUT2D eigenvalue weighted by Gasteiger charge is 2.07. The highest BCUT2D eigenvalue weighted by molar-refractivity contribution is 5.28. The first-order valence-electron chi connectivity index (χ1n) is 3.49. The largest absolute Gasteiger partial charge is 0.0502 e. The summed E-state index contributed by atoms with van der Waals surface area (Å²) in [5, 5.41) is 0. The molecular weight excluding hydrogens is 120 g/mol. The van der Waals surface area contributed by atoms with E-state index in [-0.39, 0.29) is 0 Å². The Hall–Kier alpha value is -0.780. The standard InChI is InChI=1S/C10H7/c1-2-6-10-8-4-3-7-9(10)5-1/h8H,1,5-6H2. The van der Waals surface area contributed by atoms with Gasteiger partial charge in [0, 0.05) is 0 Å². The van der Waals surface area contributed by atoms with E-state index in [2.05, 4.69) is 24.6 Å². The summed E-state index contributed by atoms with van der Waals surface area (Å²) in [7, 11) is 0. The first-order chi connectivity index (χ1) is 4.97. The summed E-state index contributed by atoms with van der Waals surface area (Å²) >= 11 is 0. The molecule has 0 saturated heterocycles. The summed E-state index contributed by atoms with van der Waals surface area (Å²) in [6.07, 6.45) is 6.41. The lowest BCUT2D eigenvalue weighted by molar-refractivity contribution is 0.827. The summed E-state index contributed by atoms with van der Waals surface area (Å²) in [5.41, 5.74) is 2.63. The molecule has 0 N–H and O–H groups in total. The molecule has 0 fully saturated rings. The van der Waals surface area contributed by atoms with E-state index in [4.69, 9.17) is 0 Å². The number of aryl methyl sites for hydroxylation is 1. The van der Waals surface area contributed by atoms with E-state index in [1.54, 1.807) is 0 Å². The quantitative estimate of drug-likeness (QED) is 0.497. The van der Waals surface area contributed by atoms with Gasteiger partial charge in [-0.25, -0.2) is 0 Å². The molecule has 0 bridgehead atoms. The Labute approximate surface area is 61.9 Å². The second-order valence-corrected chi connectivity index (χ2v) is 2.47. The van der Waals surface area contributed by atoms with Crippen molar-refractivity contribution in [3.05, 3.63) is 41.8 Å². The summed E-state index contributed by atoms with van der Waals surface area (Å²) in [6, 6.07) is 10.8. The Morgan fingerprint density at radius 2 is 2.40 bits per heavy atom. The van der Waals surface area contributed by atoms with Crippen LogP contribution < -0.4 is 0 Å². The predicted octanol–water partition coefficient (Wildman–Crippen LogP) is 1.66. The minimum atomic E-state index is 0.969. The summed E-state index contributed by atoms with van der Waals surface area (Å²) in [5.74, 6) is 0. The number of fused-ring (bicyclic) bond motifs is 1. The summed E-state index contributed by atoms with van der Waals surface area (Å²) < 4.78 is 0.